The largest absolute Gasteiger partial charge is 0.365 e. The molecule has 0 aliphatic carbocycles. The third kappa shape index (κ3) is 4.34. The SMILES string of the molecule is CCCCN1[C@@H]2CC[C@H]1CC(OC(c1ccccc1)c1ccc(CC)cc1)C2. The van der Waals surface area contributed by atoms with Gasteiger partial charge in [-0.2, -0.15) is 0 Å². The quantitative estimate of drug-likeness (QED) is 0.547. The minimum atomic E-state index is 0.0405. The molecule has 4 atom stereocenters. The van der Waals surface area contributed by atoms with Crippen molar-refractivity contribution in [2.75, 3.05) is 6.54 Å². The molecule has 0 spiro atoms. The Kier molecular flexibility index (Phi) is 6.49. The summed E-state index contributed by atoms with van der Waals surface area (Å²) in [6, 6.07) is 21.3. The molecular weight excluding hydrogens is 342 g/mol. The summed E-state index contributed by atoms with van der Waals surface area (Å²) in [6.07, 6.45) is 9.20. The summed E-state index contributed by atoms with van der Waals surface area (Å²) in [6.45, 7) is 5.79. The lowest BCUT2D eigenvalue weighted by Gasteiger charge is -2.40. The number of hydrogen-bond donors (Lipinski definition) is 0. The Morgan fingerprint density at radius 3 is 2.14 bits per heavy atom. The number of rotatable bonds is 8. The standard InChI is InChI=1S/C26H35NO/c1-3-5-17-27-23-15-16-24(27)19-25(18-23)28-26(21-9-7-6-8-10-21)22-13-11-20(4-2)12-14-22/h6-14,23-26H,3-5,15-19H2,1-2H3/t23-,24+,25?,26?. The highest BCUT2D eigenvalue weighted by Crippen LogP contribution is 2.39. The first kappa shape index (κ1) is 19.7. The van der Waals surface area contributed by atoms with E-state index in [1.165, 1.54) is 61.8 Å². The van der Waals surface area contributed by atoms with Crippen LogP contribution < -0.4 is 0 Å². The van der Waals surface area contributed by atoms with Gasteiger partial charge >= 0.3 is 0 Å². The predicted octanol–water partition coefficient (Wildman–Crippen LogP) is 6.15. The zero-order valence-electron chi connectivity index (χ0n) is 17.5. The Morgan fingerprint density at radius 1 is 0.893 bits per heavy atom. The number of unbranched alkanes of at least 4 members (excludes halogenated alkanes) is 1. The first-order valence-electron chi connectivity index (χ1n) is 11.3. The molecule has 4 rings (SSSR count). The molecule has 2 bridgehead atoms. The molecule has 2 nitrogen and oxygen atoms in total. The van der Waals surface area contributed by atoms with E-state index in [-0.39, 0.29) is 6.10 Å². The van der Waals surface area contributed by atoms with E-state index in [2.05, 4.69) is 73.3 Å². The van der Waals surface area contributed by atoms with Crippen LogP contribution in [0.15, 0.2) is 54.6 Å². The van der Waals surface area contributed by atoms with Crippen molar-refractivity contribution in [1.82, 2.24) is 4.90 Å². The first-order valence-corrected chi connectivity index (χ1v) is 11.3. The fraction of sp³-hybridized carbons (Fsp3) is 0.538. The topological polar surface area (TPSA) is 12.5 Å². The van der Waals surface area contributed by atoms with Crippen molar-refractivity contribution < 1.29 is 4.74 Å². The summed E-state index contributed by atoms with van der Waals surface area (Å²) in [4.78, 5) is 2.79. The lowest BCUT2D eigenvalue weighted by atomic mass is 9.96. The summed E-state index contributed by atoms with van der Waals surface area (Å²) in [5, 5.41) is 0. The molecule has 2 unspecified atom stereocenters. The Balaban J connectivity index is 1.50. The summed E-state index contributed by atoms with van der Waals surface area (Å²) < 4.78 is 6.84. The average molecular weight is 378 g/mol. The molecule has 2 fully saturated rings. The van der Waals surface area contributed by atoms with Crippen LogP contribution in [-0.4, -0.2) is 29.6 Å². The monoisotopic (exact) mass is 377 g/mol. The highest BCUT2D eigenvalue weighted by molar-refractivity contribution is 5.32. The van der Waals surface area contributed by atoms with Crippen molar-refractivity contribution in [3.63, 3.8) is 0 Å². The Bertz CT molecular complexity index is 712. The number of aryl methyl sites for hydroxylation is 1. The second-order valence-electron chi connectivity index (χ2n) is 8.59. The highest BCUT2D eigenvalue weighted by atomic mass is 16.5. The van der Waals surface area contributed by atoms with Crippen LogP contribution in [0.25, 0.3) is 0 Å². The second kappa shape index (κ2) is 9.24. The molecule has 0 saturated carbocycles. The van der Waals surface area contributed by atoms with E-state index in [1.54, 1.807) is 0 Å². The molecule has 2 heterocycles. The predicted molar refractivity (Wildman–Crippen MR) is 117 cm³/mol. The maximum atomic E-state index is 6.84. The van der Waals surface area contributed by atoms with Crippen molar-refractivity contribution in [3.8, 4) is 0 Å². The van der Waals surface area contributed by atoms with Gasteiger partial charge in [-0.25, -0.2) is 0 Å². The van der Waals surface area contributed by atoms with Crippen LogP contribution >= 0.6 is 0 Å². The molecule has 2 aromatic carbocycles. The van der Waals surface area contributed by atoms with E-state index >= 15 is 0 Å². The van der Waals surface area contributed by atoms with E-state index in [0.717, 1.165) is 18.5 Å². The summed E-state index contributed by atoms with van der Waals surface area (Å²) in [7, 11) is 0. The number of nitrogens with zero attached hydrogens (tertiary/aromatic N) is 1. The molecule has 2 saturated heterocycles. The molecule has 0 aromatic heterocycles. The molecule has 150 valence electrons. The van der Waals surface area contributed by atoms with Gasteiger partial charge in [0.2, 0.25) is 0 Å². The maximum absolute atomic E-state index is 6.84. The van der Waals surface area contributed by atoms with Gasteiger partial charge in [-0.05, 0) is 61.8 Å². The van der Waals surface area contributed by atoms with Gasteiger partial charge in [0.25, 0.3) is 0 Å². The van der Waals surface area contributed by atoms with Gasteiger partial charge in [0.1, 0.15) is 6.10 Å². The van der Waals surface area contributed by atoms with Crippen molar-refractivity contribution >= 4 is 0 Å². The van der Waals surface area contributed by atoms with Gasteiger partial charge in [-0.3, -0.25) is 4.90 Å². The van der Waals surface area contributed by atoms with E-state index < -0.39 is 0 Å². The minimum Gasteiger partial charge on any atom is -0.365 e. The van der Waals surface area contributed by atoms with Crippen LogP contribution in [-0.2, 0) is 11.2 Å². The van der Waals surface area contributed by atoms with Crippen molar-refractivity contribution in [2.45, 2.75) is 83.1 Å². The van der Waals surface area contributed by atoms with Gasteiger partial charge in [-0.15, -0.1) is 0 Å². The fourth-order valence-electron chi connectivity index (χ4n) is 5.14. The Hall–Kier alpha value is -1.64. The number of hydrogen-bond acceptors (Lipinski definition) is 2. The van der Waals surface area contributed by atoms with Crippen molar-refractivity contribution in [1.29, 1.82) is 0 Å². The molecule has 0 N–H and O–H groups in total. The molecular formula is C26H35NO. The molecule has 2 heteroatoms. The second-order valence-corrected chi connectivity index (χ2v) is 8.59. The summed E-state index contributed by atoms with van der Waals surface area (Å²) >= 11 is 0. The third-order valence-electron chi connectivity index (χ3n) is 6.73. The number of piperidine rings is 1. The zero-order chi connectivity index (χ0) is 19.3. The smallest absolute Gasteiger partial charge is 0.108 e. The zero-order valence-corrected chi connectivity index (χ0v) is 17.5. The van der Waals surface area contributed by atoms with Crippen LogP contribution in [0.5, 0.6) is 0 Å². The minimum absolute atomic E-state index is 0.0405. The van der Waals surface area contributed by atoms with E-state index in [0.29, 0.717) is 6.10 Å². The molecule has 0 amide bonds. The lowest BCUT2D eigenvalue weighted by Crippen LogP contribution is -2.46. The third-order valence-corrected chi connectivity index (χ3v) is 6.73. The van der Waals surface area contributed by atoms with Gasteiger partial charge in [0, 0.05) is 12.1 Å². The van der Waals surface area contributed by atoms with Crippen molar-refractivity contribution in [3.05, 3.63) is 71.3 Å². The molecule has 2 aliphatic heterocycles. The first-order chi connectivity index (χ1) is 13.8. The molecule has 2 aliphatic rings. The number of fused-ring (bicyclic) bond motifs is 2. The Morgan fingerprint density at radius 2 is 1.54 bits per heavy atom. The normalized spacial score (nSPS) is 25.7. The van der Waals surface area contributed by atoms with E-state index in [4.69, 9.17) is 4.74 Å². The Labute approximate surface area is 170 Å². The van der Waals surface area contributed by atoms with Gasteiger partial charge in [-0.1, -0.05) is 74.9 Å². The number of ether oxygens (including phenoxy) is 1. The van der Waals surface area contributed by atoms with Crippen LogP contribution in [0.3, 0.4) is 0 Å². The van der Waals surface area contributed by atoms with Crippen LogP contribution in [0.1, 0.15) is 75.2 Å². The molecule has 28 heavy (non-hydrogen) atoms. The molecule has 2 aromatic rings. The number of benzene rings is 2. The van der Waals surface area contributed by atoms with Crippen LogP contribution in [0, 0.1) is 0 Å². The van der Waals surface area contributed by atoms with Gasteiger partial charge < -0.3 is 4.74 Å². The van der Waals surface area contributed by atoms with Crippen molar-refractivity contribution in [2.24, 2.45) is 0 Å². The van der Waals surface area contributed by atoms with Gasteiger partial charge in [0.15, 0.2) is 0 Å². The van der Waals surface area contributed by atoms with Gasteiger partial charge in [0.05, 0.1) is 6.10 Å². The van der Waals surface area contributed by atoms with E-state index in [1.807, 2.05) is 0 Å². The summed E-state index contributed by atoms with van der Waals surface area (Å²) in [5.41, 5.74) is 3.94. The molecule has 0 radical (unpaired) electrons. The van der Waals surface area contributed by atoms with Crippen LogP contribution in [0.2, 0.25) is 0 Å². The highest BCUT2D eigenvalue weighted by Gasteiger charge is 2.41. The van der Waals surface area contributed by atoms with E-state index in [9.17, 15) is 0 Å². The fourth-order valence-corrected chi connectivity index (χ4v) is 5.14. The maximum Gasteiger partial charge on any atom is 0.108 e. The summed E-state index contributed by atoms with van der Waals surface area (Å²) in [5.74, 6) is 0. The lowest BCUT2D eigenvalue weighted by molar-refractivity contribution is -0.0483. The van der Waals surface area contributed by atoms with Crippen LogP contribution in [0.4, 0.5) is 0 Å². The average Bonchev–Trinajstić information content (AvgIpc) is 2.99.